The Morgan fingerprint density at radius 1 is 0.963 bits per heavy atom. The lowest BCUT2D eigenvalue weighted by atomic mass is 10.1. The lowest BCUT2D eigenvalue weighted by Gasteiger charge is -2.25. The summed E-state index contributed by atoms with van der Waals surface area (Å²) in [5.41, 5.74) is 3.36. The maximum absolute atomic E-state index is 13.2. The van der Waals surface area contributed by atoms with Crippen molar-refractivity contribution in [3.8, 4) is 0 Å². The van der Waals surface area contributed by atoms with Crippen LogP contribution in [-0.2, 0) is 13.0 Å². The van der Waals surface area contributed by atoms with Gasteiger partial charge in [0.05, 0.1) is 12.1 Å². The van der Waals surface area contributed by atoms with Gasteiger partial charge in [-0.15, -0.1) is 0 Å². The van der Waals surface area contributed by atoms with Crippen molar-refractivity contribution in [3.05, 3.63) is 95.3 Å². The lowest BCUT2D eigenvalue weighted by molar-refractivity contribution is 0.0696. The molecular formula is C22H20N2O3. The summed E-state index contributed by atoms with van der Waals surface area (Å²) in [7, 11) is 0. The number of carbonyl (C=O) groups is 2. The molecule has 0 aliphatic rings. The number of hydrogen-bond donors (Lipinski definition) is 1. The Morgan fingerprint density at radius 2 is 1.70 bits per heavy atom. The molecule has 1 amide bonds. The average molecular weight is 360 g/mol. The lowest BCUT2D eigenvalue weighted by Crippen LogP contribution is -2.31. The summed E-state index contributed by atoms with van der Waals surface area (Å²) in [6.07, 6.45) is 3.95. The van der Waals surface area contributed by atoms with E-state index < -0.39 is 5.97 Å². The molecule has 0 aliphatic carbocycles. The third kappa shape index (κ3) is 4.20. The topological polar surface area (TPSA) is 70.5 Å². The first-order valence-electron chi connectivity index (χ1n) is 8.72. The first-order valence-corrected chi connectivity index (χ1v) is 8.72. The van der Waals surface area contributed by atoms with Gasteiger partial charge in [0, 0.05) is 23.6 Å². The Balaban J connectivity index is 2.03. The fourth-order valence-electron chi connectivity index (χ4n) is 2.98. The highest BCUT2D eigenvalue weighted by Crippen LogP contribution is 2.25. The van der Waals surface area contributed by atoms with Crippen molar-refractivity contribution in [2.75, 3.05) is 4.90 Å². The van der Waals surface area contributed by atoms with E-state index in [9.17, 15) is 14.7 Å². The Hall–Kier alpha value is -3.47. The summed E-state index contributed by atoms with van der Waals surface area (Å²) in [6, 6.07) is 17.8. The molecule has 0 saturated heterocycles. The van der Waals surface area contributed by atoms with Crippen LogP contribution in [0, 0.1) is 0 Å². The summed E-state index contributed by atoms with van der Waals surface area (Å²) in [5.74, 6) is -1.14. The molecule has 136 valence electrons. The van der Waals surface area contributed by atoms with Crippen molar-refractivity contribution in [1.82, 2.24) is 4.98 Å². The van der Waals surface area contributed by atoms with E-state index in [0.29, 0.717) is 5.56 Å². The zero-order chi connectivity index (χ0) is 19.2. The maximum Gasteiger partial charge on any atom is 0.335 e. The maximum atomic E-state index is 13.2. The Labute approximate surface area is 157 Å². The number of benzene rings is 2. The van der Waals surface area contributed by atoms with Crippen molar-refractivity contribution < 1.29 is 14.7 Å². The van der Waals surface area contributed by atoms with Crippen molar-refractivity contribution in [3.63, 3.8) is 0 Å². The third-order valence-electron chi connectivity index (χ3n) is 4.35. The van der Waals surface area contributed by atoms with Gasteiger partial charge < -0.3 is 10.0 Å². The second-order valence-electron chi connectivity index (χ2n) is 6.11. The molecular weight excluding hydrogens is 340 g/mol. The largest absolute Gasteiger partial charge is 0.478 e. The SMILES string of the molecule is CCc1ccccc1N(Cc1cccc(C(=O)O)c1)C(=O)c1ccncc1. The molecule has 0 unspecified atom stereocenters. The number of aromatic nitrogens is 1. The molecule has 0 bridgehead atoms. The van der Waals surface area contributed by atoms with Crippen molar-refractivity contribution in [1.29, 1.82) is 0 Å². The van der Waals surface area contributed by atoms with E-state index in [-0.39, 0.29) is 18.0 Å². The second-order valence-corrected chi connectivity index (χ2v) is 6.11. The van der Waals surface area contributed by atoms with Crippen molar-refractivity contribution in [2.45, 2.75) is 19.9 Å². The minimum atomic E-state index is -0.988. The Kier molecular flexibility index (Phi) is 5.61. The Bertz CT molecular complexity index is 955. The smallest absolute Gasteiger partial charge is 0.335 e. The molecule has 0 aliphatic heterocycles. The number of carbonyl (C=O) groups excluding carboxylic acids is 1. The van der Waals surface area contributed by atoms with Gasteiger partial charge in [0.2, 0.25) is 0 Å². The van der Waals surface area contributed by atoms with Gasteiger partial charge in [-0.3, -0.25) is 9.78 Å². The molecule has 3 aromatic rings. The van der Waals surface area contributed by atoms with Crippen LogP contribution in [0.5, 0.6) is 0 Å². The molecule has 0 atom stereocenters. The van der Waals surface area contributed by atoms with Gasteiger partial charge >= 0.3 is 5.97 Å². The zero-order valence-corrected chi connectivity index (χ0v) is 15.0. The minimum Gasteiger partial charge on any atom is -0.478 e. The zero-order valence-electron chi connectivity index (χ0n) is 15.0. The second kappa shape index (κ2) is 8.27. The van der Waals surface area contributed by atoms with Gasteiger partial charge in [0.15, 0.2) is 0 Å². The summed E-state index contributed by atoms with van der Waals surface area (Å²) < 4.78 is 0. The van der Waals surface area contributed by atoms with Gasteiger partial charge in [0.1, 0.15) is 0 Å². The van der Waals surface area contributed by atoms with E-state index in [1.165, 1.54) is 0 Å². The number of nitrogens with zero attached hydrogens (tertiary/aromatic N) is 2. The fourth-order valence-corrected chi connectivity index (χ4v) is 2.98. The number of carboxylic acids is 1. The number of carboxylic acid groups (broad SMARTS) is 1. The summed E-state index contributed by atoms with van der Waals surface area (Å²) in [6.45, 7) is 2.32. The first kappa shape index (κ1) is 18.3. The Morgan fingerprint density at radius 3 is 2.41 bits per heavy atom. The van der Waals surface area contributed by atoms with Crippen LogP contribution in [-0.4, -0.2) is 22.0 Å². The van der Waals surface area contributed by atoms with E-state index in [0.717, 1.165) is 23.2 Å². The number of hydrogen-bond acceptors (Lipinski definition) is 3. The van der Waals surface area contributed by atoms with E-state index in [1.807, 2.05) is 37.3 Å². The molecule has 3 rings (SSSR count). The predicted molar refractivity (Wildman–Crippen MR) is 104 cm³/mol. The molecule has 1 N–H and O–H groups in total. The molecule has 5 nitrogen and oxygen atoms in total. The van der Waals surface area contributed by atoms with E-state index in [1.54, 1.807) is 47.6 Å². The number of para-hydroxylation sites is 1. The molecule has 1 heterocycles. The number of pyridine rings is 1. The standard InChI is InChI=1S/C22H20N2O3/c1-2-17-7-3-4-9-20(17)24(21(25)18-10-12-23-13-11-18)15-16-6-5-8-19(14-16)22(26)27/h3-14H,2,15H2,1H3,(H,26,27). The number of aromatic carboxylic acids is 1. The fraction of sp³-hybridized carbons (Fsp3) is 0.136. The molecule has 0 fully saturated rings. The van der Waals surface area contributed by atoms with Crippen LogP contribution in [0.25, 0.3) is 0 Å². The van der Waals surface area contributed by atoms with Crippen LogP contribution in [0.2, 0.25) is 0 Å². The van der Waals surface area contributed by atoms with Crippen molar-refractivity contribution >= 4 is 17.6 Å². The molecule has 0 spiro atoms. The van der Waals surface area contributed by atoms with Crippen LogP contribution >= 0.6 is 0 Å². The number of aryl methyl sites for hydroxylation is 1. The van der Waals surface area contributed by atoms with E-state index in [4.69, 9.17) is 0 Å². The molecule has 2 aromatic carbocycles. The van der Waals surface area contributed by atoms with Gasteiger partial charge in [0.25, 0.3) is 5.91 Å². The number of rotatable bonds is 6. The van der Waals surface area contributed by atoms with Gasteiger partial charge in [-0.2, -0.15) is 0 Å². The molecule has 0 radical (unpaired) electrons. The van der Waals surface area contributed by atoms with Crippen LogP contribution < -0.4 is 4.90 Å². The minimum absolute atomic E-state index is 0.154. The van der Waals surface area contributed by atoms with Crippen LogP contribution in [0.1, 0.15) is 38.8 Å². The van der Waals surface area contributed by atoms with E-state index in [2.05, 4.69) is 4.98 Å². The van der Waals surface area contributed by atoms with Gasteiger partial charge in [-0.25, -0.2) is 4.79 Å². The van der Waals surface area contributed by atoms with Crippen LogP contribution in [0.15, 0.2) is 73.1 Å². The van der Waals surface area contributed by atoms with Gasteiger partial charge in [-0.1, -0.05) is 37.3 Å². The summed E-state index contributed by atoms with van der Waals surface area (Å²) in [5, 5.41) is 9.24. The molecule has 0 saturated carbocycles. The molecule has 1 aromatic heterocycles. The average Bonchev–Trinajstić information content (AvgIpc) is 2.72. The van der Waals surface area contributed by atoms with Gasteiger partial charge in [-0.05, 0) is 47.9 Å². The number of anilines is 1. The first-order chi connectivity index (χ1) is 13.1. The predicted octanol–water partition coefficient (Wildman–Crippen LogP) is 4.19. The quantitative estimate of drug-likeness (QED) is 0.715. The van der Waals surface area contributed by atoms with E-state index >= 15 is 0 Å². The summed E-state index contributed by atoms with van der Waals surface area (Å²) in [4.78, 5) is 30.2. The highest BCUT2D eigenvalue weighted by molar-refractivity contribution is 6.06. The summed E-state index contributed by atoms with van der Waals surface area (Å²) >= 11 is 0. The molecule has 27 heavy (non-hydrogen) atoms. The van der Waals surface area contributed by atoms with Crippen LogP contribution in [0.4, 0.5) is 5.69 Å². The van der Waals surface area contributed by atoms with Crippen LogP contribution in [0.3, 0.4) is 0 Å². The number of amides is 1. The van der Waals surface area contributed by atoms with Crippen molar-refractivity contribution in [2.24, 2.45) is 0 Å². The normalized spacial score (nSPS) is 10.4. The highest BCUT2D eigenvalue weighted by Gasteiger charge is 2.20. The highest BCUT2D eigenvalue weighted by atomic mass is 16.4. The third-order valence-corrected chi connectivity index (χ3v) is 4.35. The molecule has 5 heteroatoms. The monoisotopic (exact) mass is 360 g/mol.